The zero-order chi connectivity index (χ0) is 18.9. The molecule has 1 aromatic carbocycles. The number of aryl methyl sites for hydroxylation is 1. The van der Waals surface area contributed by atoms with Gasteiger partial charge in [-0.25, -0.2) is 4.79 Å². The minimum atomic E-state index is -1.10. The van der Waals surface area contributed by atoms with E-state index in [1.807, 2.05) is 24.3 Å². The molecule has 0 aliphatic rings. The third-order valence-corrected chi connectivity index (χ3v) is 3.76. The van der Waals surface area contributed by atoms with Crippen LogP contribution in [-0.4, -0.2) is 37.2 Å². The van der Waals surface area contributed by atoms with Gasteiger partial charge in [-0.1, -0.05) is 19.1 Å². The van der Waals surface area contributed by atoms with Crippen molar-refractivity contribution in [1.29, 1.82) is 0 Å². The van der Waals surface area contributed by atoms with Crippen molar-refractivity contribution >= 4 is 11.9 Å². The second-order valence-corrected chi connectivity index (χ2v) is 5.62. The number of furan rings is 1. The molecule has 1 heterocycles. The van der Waals surface area contributed by atoms with E-state index in [9.17, 15) is 9.59 Å². The third kappa shape index (κ3) is 5.35. The van der Waals surface area contributed by atoms with E-state index in [4.69, 9.17) is 19.0 Å². The number of ether oxygens (including phenoxy) is 2. The van der Waals surface area contributed by atoms with Crippen molar-refractivity contribution in [2.45, 2.75) is 26.4 Å². The summed E-state index contributed by atoms with van der Waals surface area (Å²) in [4.78, 5) is 23.1. The maximum atomic E-state index is 12.0. The van der Waals surface area contributed by atoms with E-state index in [0.29, 0.717) is 38.4 Å². The van der Waals surface area contributed by atoms with Crippen LogP contribution in [0.25, 0.3) is 0 Å². The quantitative estimate of drug-likeness (QED) is 0.632. The van der Waals surface area contributed by atoms with E-state index in [1.54, 1.807) is 14.0 Å². The first-order chi connectivity index (χ1) is 12.5. The van der Waals surface area contributed by atoms with E-state index in [-0.39, 0.29) is 11.3 Å². The normalized spacial score (nSPS) is 10.5. The zero-order valence-corrected chi connectivity index (χ0v) is 14.9. The highest BCUT2D eigenvalue weighted by atomic mass is 16.5. The van der Waals surface area contributed by atoms with E-state index >= 15 is 0 Å². The summed E-state index contributed by atoms with van der Waals surface area (Å²) in [6.07, 6.45) is 1.04. The predicted octanol–water partition coefficient (Wildman–Crippen LogP) is 2.89. The Bertz CT molecular complexity index is 735. The average Bonchev–Trinajstić information content (AvgIpc) is 3.09. The molecule has 2 aromatic rings. The number of hydrogen-bond acceptors (Lipinski definition) is 5. The third-order valence-electron chi connectivity index (χ3n) is 3.76. The fourth-order valence-electron chi connectivity index (χ4n) is 2.36. The number of carboxylic acids is 1. The van der Waals surface area contributed by atoms with Crippen molar-refractivity contribution in [3.8, 4) is 5.75 Å². The fourth-order valence-corrected chi connectivity index (χ4v) is 2.36. The van der Waals surface area contributed by atoms with Gasteiger partial charge in [-0.05, 0) is 24.1 Å². The van der Waals surface area contributed by atoms with Crippen molar-refractivity contribution in [2.24, 2.45) is 0 Å². The molecule has 2 rings (SSSR count). The van der Waals surface area contributed by atoms with E-state index in [1.165, 1.54) is 6.07 Å². The average molecular weight is 361 g/mol. The molecule has 0 bridgehead atoms. The van der Waals surface area contributed by atoms with E-state index in [2.05, 4.69) is 5.32 Å². The Hall–Kier alpha value is -2.80. The van der Waals surface area contributed by atoms with Crippen LogP contribution >= 0.6 is 0 Å². The van der Waals surface area contributed by atoms with Crippen LogP contribution in [0.3, 0.4) is 0 Å². The molecular weight excluding hydrogens is 338 g/mol. The van der Waals surface area contributed by atoms with Gasteiger partial charge in [0.1, 0.15) is 17.1 Å². The van der Waals surface area contributed by atoms with Gasteiger partial charge >= 0.3 is 5.97 Å². The van der Waals surface area contributed by atoms with Gasteiger partial charge in [0.2, 0.25) is 0 Å². The maximum absolute atomic E-state index is 12.0. The Balaban J connectivity index is 1.69. The van der Waals surface area contributed by atoms with Crippen LogP contribution in [0.1, 0.15) is 45.6 Å². The number of rotatable bonds is 10. The summed E-state index contributed by atoms with van der Waals surface area (Å²) in [6, 6.07) is 8.87. The number of carbonyl (C=O) groups is 2. The first kappa shape index (κ1) is 19.5. The molecule has 0 spiro atoms. The Morgan fingerprint density at radius 1 is 1.23 bits per heavy atom. The number of amides is 1. The van der Waals surface area contributed by atoms with Gasteiger partial charge < -0.3 is 24.3 Å². The van der Waals surface area contributed by atoms with Crippen molar-refractivity contribution in [1.82, 2.24) is 5.32 Å². The molecule has 7 nitrogen and oxygen atoms in total. The topological polar surface area (TPSA) is 98.0 Å². The predicted molar refractivity (Wildman–Crippen MR) is 94.6 cm³/mol. The SMILES string of the molecule is CCc1oc(C(=O)NCCCOCc2ccc(OC)cc2)cc1C(=O)O. The molecule has 26 heavy (non-hydrogen) atoms. The largest absolute Gasteiger partial charge is 0.497 e. The van der Waals surface area contributed by atoms with Gasteiger partial charge in [0, 0.05) is 25.6 Å². The summed E-state index contributed by atoms with van der Waals surface area (Å²) in [5.74, 6) is -0.422. The summed E-state index contributed by atoms with van der Waals surface area (Å²) >= 11 is 0. The second kappa shape index (κ2) is 9.62. The van der Waals surface area contributed by atoms with E-state index < -0.39 is 11.9 Å². The molecule has 0 saturated carbocycles. The molecule has 0 unspecified atom stereocenters. The highest BCUT2D eigenvalue weighted by Crippen LogP contribution is 2.16. The lowest BCUT2D eigenvalue weighted by Crippen LogP contribution is -2.24. The van der Waals surface area contributed by atoms with Crippen molar-refractivity contribution in [3.05, 3.63) is 53.0 Å². The highest BCUT2D eigenvalue weighted by Gasteiger charge is 2.19. The van der Waals surface area contributed by atoms with Crippen LogP contribution < -0.4 is 10.1 Å². The van der Waals surface area contributed by atoms with Crippen molar-refractivity contribution in [2.75, 3.05) is 20.3 Å². The fraction of sp³-hybridized carbons (Fsp3) is 0.368. The lowest BCUT2D eigenvalue weighted by atomic mass is 10.2. The summed E-state index contributed by atoms with van der Waals surface area (Å²) in [5, 5.41) is 11.8. The molecule has 0 fully saturated rings. The number of carbonyl (C=O) groups excluding carboxylic acids is 1. The Labute approximate surface area is 151 Å². The molecule has 1 aromatic heterocycles. The molecule has 0 atom stereocenters. The van der Waals surface area contributed by atoms with Crippen molar-refractivity contribution in [3.63, 3.8) is 0 Å². The number of nitrogens with one attached hydrogen (secondary N) is 1. The summed E-state index contributed by atoms with van der Waals surface area (Å²) in [5.41, 5.74) is 1.07. The Kier molecular flexibility index (Phi) is 7.23. The molecule has 1 amide bonds. The molecule has 0 aliphatic heterocycles. The van der Waals surface area contributed by atoms with Crippen molar-refractivity contribution < 1.29 is 28.6 Å². The molecule has 0 saturated heterocycles. The highest BCUT2D eigenvalue weighted by molar-refractivity contribution is 5.96. The van der Waals surface area contributed by atoms with Crippen LogP contribution in [-0.2, 0) is 17.8 Å². The first-order valence-electron chi connectivity index (χ1n) is 8.40. The molecular formula is C19H23NO6. The number of methoxy groups -OCH3 is 1. The maximum Gasteiger partial charge on any atom is 0.339 e. The Morgan fingerprint density at radius 2 is 1.96 bits per heavy atom. The number of carboxylic acid groups (broad SMARTS) is 1. The van der Waals surface area contributed by atoms with Gasteiger partial charge in [-0.15, -0.1) is 0 Å². The van der Waals surface area contributed by atoms with Gasteiger partial charge in [-0.2, -0.15) is 0 Å². The molecule has 140 valence electrons. The Morgan fingerprint density at radius 3 is 2.54 bits per heavy atom. The molecule has 0 aliphatic carbocycles. The lowest BCUT2D eigenvalue weighted by Gasteiger charge is -2.06. The lowest BCUT2D eigenvalue weighted by molar-refractivity contribution is 0.0694. The standard InChI is InChI=1S/C19H23NO6/c1-3-16-15(19(22)23)11-17(26-16)18(21)20-9-4-10-25-12-13-5-7-14(24-2)8-6-13/h5-8,11H,3-4,9-10,12H2,1-2H3,(H,20,21)(H,22,23). The van der Waals surface area contributed by atoms with Crippen LogP contribution in [0.4, 0.5) is 0 Å². The molecule has 2 N–H and O–H groups in total. The summed E-state index contributed by atoms with van der Waals surface area (Å²) in [6.45, 7) is 3.15. The monoisotopic (exact) mass is 361 g/mol. The zero-order valence-electron chi connectivity index (χ0n) is 14.9. The second-order valence-electron chi connectivity index (χ2n) is 5.62. The van der Waals surface area contributed by atoms with Gasteiger partial charge in [0.25, 0.3) is 5.91 Å². The van der Waals surface area contributed by atoms with Gasteiger partial charge in [0.05, 0.1) is 13.7 Å². The summed E-state index contributed by atoms with van der Waals surface area (Å²) < 4.78 is 16.0. The van der Waals surface area contributed by atoms with Gasteiger partial charge in [0.15, 0.2) is 5.76 Å². The van der Waals surface area contributed by atoms with E-state index in [0.717, 1.165) is 11.3 Å². The minimum absolute atomic E-state index is 0.0124. The van der Waals surface area contributed by atoms with Gasteiger partial charge in [-0.3, -0.25) is 4.79 Å². The first-order valence-corrected chi connectivity index (χ1v) is 8.40. The van der Waals surface area contributed by atoms with Crippen LogP contribution in [0.2, 0.25) is 0 Å². The number of hydrogen-bond donors (Lipinski definition) is 2. The van der Waals surface area contributed by atoms with Crippen LogP contribution in [0, 0.1) is 0 Å². The number of benzene rings is 1. The molecule has 7 heteroatoms. The van der Waals surface area contributed by atoms with Crippen LogP contribution in [0.15, 0.2) is 34.7 Å². The number of aromatic carboxylic acids is 1. The smallest absolute Gasteiger partial charge is 0.339 e. The minimum Gasteiger partial charge on any atom is -0.497 e. The molecule has 0 radical (unpaired) electrons. The van der Waals surface area contributed by atoms with Crippen LogP contribution in [0.5, 0.6) is 5.75 Å². The summed E-state index contributed by atoms with van der Waals surface area (Å²) in [7, 11) is 1.62.